The number of quaternary nitrogens is 1. The van der Waals surface area contributed by atoms with Gasteiger partial charge >= 0.3 is 0 Å². The van der Waals surface area contributed by atoms with Crippen LogP contribution in [-0.2, 0) is 11.4 Å². The van der Waals surface area contributed by atoms with Gasteiger partial charge in [-0.25, -0.2) is 8.78 Å². The van der Waals surface area contributed by atoms with Crippen LogP contribution in [0.3, 0.4) is 0 Å². The van der Waals surface area contributed by atoms with Gasteiger partial charge in [0.1, 0.15) is 24.7 Å². The first-order valence-corrected chi connectivity index (χ1v) is 7.74. The molecule has 2 aromatic carbocycles. The van der Waals surface area contributed by atoms with Gasteiger partial charge in [-0.2, -0.15) is 0 Å². The van der Waals surface area contributed by atoms with Crippen molar-refractivity contribution in [3.05, 3.63) is 70.2 Å². The second-order valence-electron chi connectivity index (χ2n) is 5.44. The van der Waals surface area contributed by atoms with Crippen LogP contribution >= 0.6 is 11.6 Å². The Bertz CT molecular complexity index is 719. The maximum atomic E-state index is 13.5. The van der Waals surface area contributed by atoms with Crippen LogP contribution in [0.1, 0.15) is 17.5 Å². The summed E-state index contributed by atoms with van der Waals surface area (Å²) < 4.78 is 26.4. The monoisotopic (exact) mass is 337 g/mol. The van der Waals surface area contributed by atoms with E-state index in [1.807, 2.05) is 29.6 Å². The zero-order valence-corrected chi connectivity index (χ0v) is 13.1. The minimum Gasteiger partial charge on any atom is -0.386 e. The van der Waals surface area contributed by atoms with Crippen molar-refractivity contribution >= 4 is 17.3 Å². The fourth-order valence-electron chi connectivity index (χ4n) is 2.48. The van der Waals surface area contributed by atoms with E-state index in [1.54, 1.807) is 0 Å². The lowest BCUT2D eigenvalue weighted by molar-refractivity contribution is -0.676. The topological polar surface area (TPSA) is 38.2 Å². The molecule has 0 radical (unpaired) electrons. The Hall–Kier alpha value is -1.98. The number of hydrogen-bond donors (Lipinski definition) is 1. The van der Waals surface area contributed by atoms with Crippen molar-refractivity contribution < 1.29 is 18.9 Å². The first kappa shape index (κ1) is 15.9. The molecule has 0 aromatic heterocycles. The summed E-state index contributed by atoms with van der Waals surface area (Å²) in [5.41, 5.74) is 2.35. The van der Waals surface area contributed by atoms with E-state index in [0.29, 0.717) is 30.1 Å². The molecule has 2 N–H and O–H groups in total. The molecule has 3 nitrogen and oxygen atoms in total. The summed E-state index contributed by atoms with van der Waals surface area (Å²) in [5, 5.41) is 6.71. The summed E-state index contributed by atoms with van der Waals surface area (Å²) in [6, 6.07) is 11.1. The average Bonchev–Trinajstić information content (AvgIpc) is 2.99. The van der Waals surface area contributed by atoms with Gasteiger partial charge in [-0.1, -0.05) is 28.9 Å². The molecule has 0 saturated heterocycles. The number of hydrogen-bond acceptors (Lipinski definition) is 2. The van der Waals surface area contributed by atoms with Crippen molar-refractivity contribution in [1.82, 2.24) is 0 Å². The summed E-state index contributed by atoms with van der Waals surface area (Å²) in [7, 11) is 0. The number of nitrogens with two attached hydrogens (primary N) is 1. The lowest BCUT2D eigenvalue weighted by Gasteiger charge is -2.07. The van der Waals surface area contributed by atoms with Crippen molar-refractivity contribution in [1.29, 1.82) is 0 Å². The highest BCUT2D eigenvalue weighted by molar-refractivity contribution is 6.30. The van der Waals surface area contributed by atoms with Crippen LogP contribution in [0, 0.1) is 11.6 Å². The smallest absolute Gasteiger partial charge is 0.181 e. The summed E-state index contributed by atoms with van der Waals surface area (Å²) in [6.45, 7) is 1.08. The van der Waals surface area contributed by atoms with Gasteiger partial charge in [0.15, 0.2) is 6.10 Å². The SMILES string of the molecule is Fc1ccc(C[NH2+]C[C@H]2CC(c3ccc(Cl)cc3)=NO2)c(F)c1. The van der Waals surface area contributed by atoms with E-state index in [2.05, 4.69) is 5.16 Å². The van der Waals surface area contributed by atoms with Gasteiger partial charge in [0.25, 0.3) is 0 Å². The Balaban J connectivity index is 1.49. The molecular weight excluding hydrogens is 322 g/mol. The van der Waals surface area contributed by atoms with Gasteiger partial charge in [0.05, 0.1) is 5.71 Å². The number of oxime groups is 1. The van der Waals surface area contributed by atoms with Crippen molar-refractivity contribution in [2.45, 2.75) is 19.1 Å². The highest BCUT2D eigenvalue weighted by Gasteiger charge is 2.23. The Morgan fingerprint density at radius 3 is 2.70 bits per heavy atom. The predicted molar refractivity (Wildman–Crippen MR) is 84.3 cm³/mol. The molecule has 0 spiro atoms. The van der Waals surface area contributed by atoms with Crippen LogP contribution in [0.4, 0.5) is 8.78 Å². The Morgan fingerprint density at radius 2 is 1.96 bits per heavy atom. The molecule has 23 heavy (non-hydrogen) atoms. The molecular formula is C17H16ClF2N2O+. The van der Waals surface area contributed by atoms with Gasteiger partial charge in [-0.15, -0.1) is 0 Å². The molecule has 1 aliphatic rings. The second kappa shape index (κ2) is 7.06. The van der Waals surface area contributed by atoms with E-state index >= 15 is 0 Å². The van der Waals surface area contributed by atoms with Gasteiger partial charge < -0.3 is 10.2 Å². The zero-order chi connectivity index (χ0) is 16.2. The Kier molecular flexibility index (Phi) is 4.88. The molecule has 0 fully saturated rings. The number of nitrogens with zero attached hydrogens (tertiary/aromatic N) is 1. The molecule has 0 saturated carbocycles. The minimum absolute atomic E-state index is 0.0517. The molecule has 1 heterocycles. The summed E-state index contributed by atoms with van der Waals surface area (Å²) in [4.78, 5) is 5.41. The number of benzene rings is 2. The molecule has 120 valence electrons. The molecule has 0 amide bonds. The molecule has 0 aliphatic carbocycles. The lowest BCUT2D eigenvalue weighted by Crippen LogP contribution is -2.84. The fraction of sp³-hybridized carbons (Fsp3) is 0.235. The third-order valence-electron chi connectivity index (χ3n) is 3.72. The maximum Gasteiger partial charge on any atom is 0.181 e. The van der Waals surface area contributed by atoms with Crippen molar-refractivity contribution in [3.8, 4) is 0 Å². The number of halogens is 3. The Labute approximate surface area is 137 Å². The summed E-state index contributed by atoms with van der Waals surface area (Å²) in [6.07, 6.45) is 0.647. The standard InChI is InChI=1S/C17H15ClF2N2O/c18-13-4-1-11(2-5-13)17-8-15(23-22-17)10-21-9-12-3-6-14(19)7-16(12)20/h1-7,15,21H,8-10H2/p+1/t15-/m1/s1. The summed E-state index contributed by atoms with van der Waals surface area (Å²) in [5.74, 6) is -1.09. The second-order valence-corrected chi connectivity index (χ2v) is 5.88. The third-order valence-corrected chi connectivity index (χ3v) is 3.97. The van der Waals surface area contributed by atoms with Crippen LogP contribution in [0.25, 0.3) is 0 Å². The van der Waals surface area contributed by atoms with Gasteiger partial charge in [0, 0.05) is 23.1 Å². The summed E-state index contributed by atoms with van der Waals surface area (Å²) >= 11 is 5.87. The lowest BCUT2D eigenvalue weighted by atomic mass is 10.1. The largest absolute Gasteiger partial charge is 0.386 e. The van der Waals surface area contributed by atoms with Crippen molar-refractivity contribution in [2.75, 3.05) is 6.54 Å². The van der Waals surface area contributed by atoms with E-state index in [1.165, 1.54) is 12.1 Å². The highest BCUT2D eigenvalue weighted by Crippen LogP contribution is 2.18. The van der Waals surface area contributed by atoms with Crippen LogP contribution in [0.15, 0.2) is 47.6 Å². The van der Waals surface area contributed by atoms with Crippen LogP contribution < -0.4 is 5.32 Å². The molecule has 3 rings (SSSR count). The third kappa shape index (κ3) is 4.06. The maximum absolute atomic E-state index is 13.5. The van der Waals surface area contributed by atoms with Crippen LogP contribution in [0.5, 0.6) is 0 Å². The van der Waals surface area contributed by atoms with Gasteiger partial charge in [-0.05, 0) is 29.8 Å². The zero-order valence-electron chi connectivity index (χ0n) is 12.3. The first-order valence-electron chi connectivity index (χ1n) is 7.36. The molecule has 0 bridgehead atoms. The van der Waals surface area contributed by atoms with Crippen LogP contribution in [-0.4, -0.2) is 18.4 Å². The molecule has 1 atom stereocenters. The van der Waals surface area contributed by atoms with E-state index in [0.717, 1.165) is 17.3 Å². The van der Waals surface area contributed by atoms with E-state index in [-0.39, 0.29) is 6.10 Å². The van der Waals surface area contributed by atoms with E-state index in [4.69, 9.17) is 16.4 Å². The van der Waals surface area contributed by atoms with E-state index < -0.39 is 11.6 Å². The molecule has 2 aromatic rings. The first-order chi connectivity index (χ1) is 11.1. The quantitative estimate of drug-likeness (QED) is 0.895. The highest BCUT2D eigenvalue weighted by atomic mass is 35.5. The Morgan fingerprint density at radius 1 is 1.17 bits per heavy atom. The van der Waals surface area contributed by atoms with Crippen LogP contribution in [0.2, 0.25) is 5.02 Å². The predicted octanol–water partition coefficient (Wildman–Crippen LogP) is 2.87. The number of rotatable bonds is 5. The minimum atomic E-state index is -0.564. The molecule has 0 unspecified atom stereocenters. The van der Waals surface area contributed by atoms with Crippen molar-refractivity contribution in [3.63, 3.8) is 0 Å². The molecule has 6 heteroatoms. The van der Waals surface area contributed by atoms with Gasteiger partial charge in [0.2, 0.25) is 0 Å². The average molecular weight is 338 g/mol. The normalized spacial score (nSPS) is 17.0. The van der Waals surface area contributed by atoms with E-state index in [9.17, 15) is 8.78 Å². The molecule has 1 aliphatic heterocycles. The van der Waals surface area contributed by atoms with Gasteiger partial charge in [-0.3, -0.25) is 0 Å². The fourth-order valence-corrected chi connectivity index (χ4v) is 2.61. The van der Waals surface area contributed by atoms with Crippen molar-refractivity contribution in [2.24, 2.45) is 5.16 Å².